The lowest BCUT2D eigenvalue weighted by Crippen LogP contribution is -2.53. The van der Waals surface area contributed by atoms with Crippen LogP contribution in [0.3, 0.4) is 0 Å². The van der Waals surface area contributed by atoms with Crippen LogP contribution in [0.1, 0.15) is 23.7 Å². The van der Waals surface area contributed by atoms with Gasteiger partial charge in [0.05, 0.1) is 15.4 Å². The number of hydrogen-bond donors (Lipinski definition) is 0. The van der Waals surface area contributed by atoms with E-state index in [1.807, 2.05) is 0 Å². The summed E-state index contributed by atoms with van der Waals surface area (Å²) in [6, 6.07) is 2.78. The number of carbonyl (C=O) groups is 3. The zero-order chi connectivity index (χ0) is 20.3. The van der Waals surface area contributed by atoms with Crippen molar-refractivity contribution < 1.29 is 32.5 Å². The average Bonchev–Trinajstić information content (AvgIpc) is 3.40. The average molecular weight is 395 g/mol. The summed E-state index contributed by atoms with van der Waals surface area (Å²) >= 11 is 0. The van der Waals surface area contributed by atoms with Crippen LogP contribution in [0.4, 0.5) is 5.69 Å². The van der Waals surface area contributed by atoms with Crippen LogP contribution >= 0.6 is 0 Å². The molecule has 3 rings (SSSR count). The van der Waals surface area contributed by atoms with Crippen molar-refractivity contribution >= 4 is 32.9 Å². The Hall–Kier alpha value is -2.46. The molecule has 0 heterocycles. The van der Waals surface area contributed by atoms with Crippen molar-refractivity contribution in [1.82, 2.24) is 0 Å². The summed E-state index contributed by atoms with van der Waals surface area (Å²) in [6.07, 6.45) is 1.30. The van der Waals surface area contributed by atoms with E-state index in [0.717, 1.165) is 24.5 Å². The molecule has 4 unspecified atom stereocenters. The van der Waals surface area contributed by atoms with E-state index in [9.17, 15) is 32.9 Å². The quantitative estimate of drug-likeness (QED) is 0.311. The SMILES string of the molecule is COC1(C)C(=O)C(C(=O)c2ccc(S(C)(=O)=O)cc2[N+](=O)[O-])C(=O)C2CC21. The molecule has 1 aromatic carbocycles. The minimum Gasteiger partial charge on any atom is -0.370 e. The molecule has 2 aliphatic carbocycles. The molecular weight excluding hydrogens is 378 g/mol. The normalized spacial score (nSPS) is 30.0. The van der Waals surface area contributed by atoms with E-state index in [0.29, 0.717) is 6.42 Å². The number of hydrogen-bond acceptors (Lipinski definition) is 8. The monoisotopic (exact) mass is 395 g/mol. The van der Waals surface area contributed by atoms with Crippen molar-refractivity contribution in [2.45, 2.75) is 23.8 Å². The molecule has 0 amide bonds. The summed E-state index contributed by atoms with van der Waals surface area (Å²) in [5.74, 6) is -4.77. The third-order valence-electron chi connectivity index (χ3n) is 5.45. The Morgan fingerprint density at radius 1 is 1.33 bits per heavy atom. The number of methoxy groups -OCH3 is 1. The Bertz CT molecular complexity index is 998. The molecule has 27 heavy (non-hydrogen) atoms. The molecular formula is C17H17NO8S. The van der Waals surface area contributed by atoms with E-state index >= 15 is 0 Å². The summed E-state index contributed by atoms with van der Waals surface area (Å²) in [7, 11) is -2.43. The second kappa shape index (κ2) is 6.03. The predicted molar refractivity (Wildman–Crippen MR) is 91.1 cm³/mol. The molecule has 10 heteroatoms. The van der Waals surface area contributed by atoms with Crippen molar-refractivity contribution in [2.24, 2.45) is 17.8 Å². The molecule has 0 N–H and O–H groups in total. The lowest BCUT2D eigenvalue weighted by Gasteiger charge is -2.33. The van der Waals surface area contributed by atoms with Gasteiger partial charge in [-0.2, -0.15) is 0 Å². The minimum atomic E-state index is -3.74. The largest absolute Gasteiger partial charge is 0.370 e. The molecule has 4 atom stereocenters. The number of carbonyl (C=O) groups excluding carboxylic acids is 3. The van der Waals surface area contributed by atoms with Gasteiger partial charge in [-0.25, -0.2) is 8.42 Å². The number of benzene rings is 1. The number of nitrogens with zero attached hydrogens (tertiary/aromatic N) is 1. The molecule has 144 valence electrons. The zero-order valence-corrected chi connectivity index (χ0v) is 15.6. The van der Waals surface area contributed by atoms with Gasteiger partial charge in [0.25, 0.3) is 5.69 Å². The third kappa shape index (κ3) is 2.88. The van der Waals surface area contributed by atoms with Crippen LogP contribution in [-0.2, 0) is 24.2 Å². The zero-order valence-electron chi connectivity index (χ0n) is 14.8. The van der Waals surface area contributed by atoms with Crippen LogP contribution in [0.25, 0.3) is 0 Å². The van der Waals surface area contributed by atoms with Gasteiger partial charge in [-0.3, -0.25) is 24.5 Å². The molecule has 0 radical (unpaired) electrons. The van der Waals surface area contributed by atoms with Crippen LogP contribution in [0.2, 0.25) is 0 Å². The van der Waals surface area contributed by atoms with Crippen LogP contribution in [-0.4, -0.2) is 49.7 Å². The molecule has 9 nitrogen and oxygen atoms in total. The maximum absolute atomic E-state index is 12.9. The smallest absolute Gasteiger partial charge is 0.281 e. The van der Waals surface area contributed by atoms with E-state index in [2.05, 4.69) is 0 Å². The molecule has 0 saturated heterocycles. The Labute approximate surface area is 154 Å². The van der Waals surface area contributed by atoms with Crippen molar-refractivity contribution in [2.75, 3.05) is 13.4 Å². The third-order valence-corrected chi connectivity index (χ3v) is 6.56. The van der Waals surface area contributed by atoms with Crippen molar-refractivity contribution in [3.05, 3.63) is 33.9 Å². The molecule has 0 aromatic heterocycles. The second-order valence-electron chi connectivity index (χ2n) is 7.03. The summed E-state index contributed by atoms with van der Waals surface area (Å²) < 4.78 is 28.6. The van der Waals surface area contributed by atoms with Gasteiger partial charge in [-0.1, -0.05) is 0 Å². The van der Waals surface area contributed by atoms with Gasteiger partial charge < -0.3 is 4.74 Å². The Balaban J connectivity index is 2.09. The molecule has 2 saturated carbocycles. The first-order valence-electron chi connectivity index (χ1n) is 8.09. The van der Waals surface area contributed by atoms with Gasteiger partial charge in [0.15, 0.2) is 27.2 Å². The number of fused-ring (bicyclic) bond motifs is 1. The van der Waals surface area contributed by atoms with Crippen molar-refractivity contribution in [3.63, 3.8) is 0 Å². The highest BCUT2D eigenvalue weighted by molar-refractivity contribution is 7.90. The Kier molecular flexibility index (Phi) is 4.31. The summed E-state index contributed by atoms with van der Waals surface area (Å²) in [5.41, 5.74) is -2.54. The predicted octanol–water partition coefficient (Wildman–Crippen LogP) is 0.990. The molecule has 0 aliphatic heterocycles. The van der Waals surface area contributed by atoms with Crippen LogP contribution < -0.4 is 0 Å². The highest BCUT2D eigenvalue weighted by Crippen LogP contribution is 2.55. The van der Waals surface area contributed by atoms with Crippen molar-refractivity contribution in [1.29, 1.82) is 0 Å². The van der Waals surface area contributed by atoms with Crippen LogP contribution in [0.15, 0.2) is 23.1 Å². The number of sulfone groups is 1. The minimum absolute atomic E-state index is 0.297. The summed E-state index contributed by atoms with van der Waals surface area (Å²) in [5, 5.41) is 11.4. The first kappa shape index (κ1) is 19.3. The summed E-state index contributed by atoms with van der Waals surface area (Å²) in [4.78, 5) is 48.4. The Morgan fingerprint density at radius 2 is 1.96 bits per heavy atom. The highest BCUT2D eigenvalue weighted by Gasteiger charge is 2.66. The molecule has 2 aliphatic rings. The lowest BCUT2D eigenvalue weighted by atomic mass is 9.73. The fourth-order valence-electron chi connectivity index (χ4n) is 3.69. The lowest BCUT2D eigenvalue weighted by molar-refractivity contribution is -0.385. The highest BCUT2D eigenvalue weighted by atomic mass is 32.2. The van der Waals surface area contributed by atoms with Gasteiger partial charge in [0.1, 0.15) is 11.5 Å². The summed E-state index contributed by atoms with van der Waals surface area (Å²) in [6.45, 7) is 1.51. The van der Waals surface area contributed by atoms with Gasteiger partial charge in [-0.05, 0) is 25.5 Å². The maximum atomic E-state index is 12.9. The maximum Gasteiger partial charge on any atom is 0.281 e. The molecule has 0 spiro atoms. The number of ketones is 3. The van der Waals surface area contributed by atoms with Gasteiger partial charge in [-0.15, -0.1) is 0 Å². The second-order valence-corrected chi connectivity index (χ2v) is 9.05. The number of ether oxygens (including phenoxy) is 1. The van der Waals surface area contributed by atoms with E-state index in [4.69, 9.17) is 4.74 Å². The molecule has 1 aromatic rings. The fourth-order valence-corrected chi connectivity index (χ4v) is 4.33. The Morgan fingerprint density at radius 3 is 2.48 bits per heavy atom. The topological polar surface area (TPSA) is 138 Å². The standard InChI is InChI=1S/C17H17NO8S/c1-17(26-2)11-7-10(11)15(20)13(16(17)21)14(19)9-5-4-8(27(3,24)25)6-12(9)18(22)23/h4-6,10-11,13H,7H2,1-3H3. The number of rotatable bonds is 5. The van der Waals surface area contributed by atoms with E-state index in [1.54, 1.807) is 0 Å². The molecule has 2 fully saturated rings. The van der Waals surface area contributed by atoms with E-state index < -0.39 is 60.8 Å². The number of nitro groups is 1. The molecule has 0 bridgehead atoms. The van der Waals surface area contributed by atoms with Gasteiger partial charge >= 0.3 is 0 Å². The first-order valence-corrected chi connectivity index (χ1v) is 9.98. The van der Waals surface area contributed by atoms with E-state index in [-0.39, 0.29) is 10.8 Å². The van der Waals surface area contributed by atoms with Gasteiger partial charge in [0, 0.05) is 31.3 Å². The number of nitro benzene ring substituents is 1. The van der Waals surface area contributed by atoms with Crippen LogP contribution in [0, 0.1) is 27.9 Å². The fraction of sp³-hybridized carbons (Fsp3) is 0.471. The first-order chi connectivity index (χ1) is 12.4. The van der Waals surface area contributed by atoms with Crippen LogP contribution in [0.5, 0.6) is 0 Å². The number of Topliss-reactive ketones (excluding diaryl/α,β-unsaturated/α-hetero) is 3. The van der Waals surface area contributed by atoms with Crippen molar-refractivity contribution in [3.8, 4) is 0 Å². The van der Waals surface area contributed by atoms with E-state index in [1.165, 1.54) is 14.0 Å². The van der Waals surface area contributed by atoms with Gasteiger partial charge in [0.2, 0.25) is 0 Å².